The summed E-state index contributed by atoms with van der Waals surface area (Å²) in [6, 6.07) is 68.5. The van der Waals surface area contributed by atoms with Gasteiger partial charge in [-0.15, -0.1) is 11.3 Å². The van der Waals surface area contributed by atoms with Crippen molar-refractivity contribution in [2.75, 3.05) is 0 Å². The van der Waals surface area contributed by atoms with Crippen LogP contribution in [0, 0.1) is 0 Å². The molecule has 11 aromatic rings. The molecule has 0 amide bonds. The Balaban J connectivity index is 1.17. The predicted molar refractivity (Wildman–Crippen MR) is 234 cm³/mol. The van der Waals surface area contributed by atoms with Crippen LogP contribution in [0.15, 0.2) is 194 Å². The van der Waals surface area contributed by atoms with Crippen molar-refractivity contribution in [2.45, 2.75) is 0 Å². The van der Waals surface area contributed by atoms with Crippen LogP contribution in [0.25, 0.3) is 104 Å². The zero-order valence-corrected chi connectivity index (χ0v) is 31.0. The van der Waals surface area contributed by atoms with Crippen LogP contribution < -0.4 is 0 Å². The fraction of sp³-hybridized carbons (Fsp3) is 0. The van der Waals surface area contributed by atoms with Crippen LogP contribution in [-0.4, -0.2) is 19.5 Å². The van der Waals surface area contributed by atoms with Crippen molar-refractivity contribution < 1.29 is 0 Å². The molecule has 0 radical (unpaired) electrons. The molecule has 0 aliphatic heterocycles. The van der Waals surface area contributed by atoms with Gasteiger partial charge < -0.3 is 4.57 Å². The van der Waals surface area contributed by atoms with Gasteiger partial charge in [-0.3, -0.25) is 0 Å². The minimum Gasteiger partial charge on any atom is -0.308 e. The van der Waals surface area contributed by atoms with E-state index in [2.05, 4.69) is 180 Å². The van der Waals surface area contributed by atoms with Crippen molar-refractivity contribution in [3.05, 3.63) is 194 Å². The number of rotatable bonds is 6. The van der Waals surface area contributed by atoms with Gasteiger partial charge in [0, 0.05) is 47.6 Å². The fourth-order valence-electron chi connectivity index (χ4n) is 8.02. The first kappa shape index (κ1) is 32.2. The maximum atomic E-state index is 5.39. The van der Waals surface area contributed by atoms with E-state index in [0.717, 1.165) is 49.2 Å². The van der Waals surface area contributed by atoms with Crippen molar-refractivity contribution >= 4 is 53.3 Å². The van der Waals surface area contributed by atoms with Crippen molar-refractivity contribution in [3.63, 3.8) is 0 Å². The minimum atomic E-state index is 0.620. The summed E-state index contributed by atoms with van der Waals surface area (Å²) >= 11 is 1.79. The summed E-state index contributed by atoms with van der Waals surface area (Å²) in [6.45, 7) is 0. The number of nitrogens with zero attached hydrogens (tertiary/aromatic N) is 4. The van der Waals surface area contributed by atoms with Crippen LogP contribution >= 0.6 is 11.3 Å². The van der Waals surface area contributed by atoms with Gasteiger partial charge in [0.25, 0.3) is 0 Å². The first-order valence-corrected chi connectivity index (χ1v) is 19.6. The Kier molecular flexibility index (Phi) is 7.64. The highest BCUT2D eigenvalue weighted by molar-refractivity contribution is 7.26. The summed E-state index contributed by atoms with van der Waals surface area (Å²) in [5, 5.41) is 4.83. The molecule has 0 spiro atoms. The second-order valence-electron chi connectivity index (χ2n) is 14.0. The fourth-order valence-corrected chi connectivity index (χ4v) is 9.27. The maximum absolute atomic E-state index is 5.39. The number of thiophene rings is 1. The number of hydrogen-bond donors (Lipinski definition) is 0. The van der Waals surface area contributed by atoms with E-state index >= 15 is 0 Å². The van der Waals surface area contributed by atoms with Gasteiger partial charge in [0.05, 0.1) is 16.7 Å². The van der Waals surface area contributed by atoms with Crippen LogP contribution in [0.3, 0.4) is 0 Å². The van der Waals surface area contributed by atoms with E-state index in [9.17, 15) is 0 Å². The van der Waals surface area contributed by atoms with Crippen LogP contribution in [0.2, 0.25) is 0 Å². The summed E-state index contributed by atoms with van der Waals surface area (Å²) in [5.74, 6) is 1.90. The zero-order valence-electron chi connectivity index (χ0n) is 30.2. The first-order chi connectivity index (χ1) is 27.8. The van der Waals surface area contributed by atoms with Gasteiger partial charge in [-0.1, -0.05) is 158 Å². The highest BCUT2D eigenvalue weighted by atomic mass is 32.1. The molecule has 5 heteroatoms. The molecule has 0 N–H and O–H groups in total. The summed E-state index contributed by atoms with van der Waals surface area (Å²) < 4.78 is 4.76. The lowest BCUT2D eigenvalue weighted by Gasteiger charge is -2.16. The average molecular weight is 733 g/mol. The molecule has 56 heavy (non-hydrogen) atoms. The number of fused-ring (bicyclic) bond motifs is 6. The highest BCUT2D eigenvalue weighted by Crippen LogP contribution is 2.42. The van der Waals surface area contributed by atoms with E-state index in [1.165, 1.54) is 37.4 Å². The SMILES string of the molecule is c1ccc(-c2ccc(-c3nc(-c4ccccc4)nc(-c4cccc5c4sc4cc(-c6ccccc6)ccc45)n3)c(-n3c4ccccc4c4ccccc43)c2)cc1. The summed E-state index contributed by atoms with van der Waals surface area (Å²) in [7, 11) is 0. The third-order valence-corrected chi connectivity index (χ3v) is 11.9. The topological polar surface area (TPSA) is 43.6 Å². The molecule has 11 rings (SSSR count). The molecule has 0 aliphatic carbocycles. The van der Waals surface area contributed by atoms with E-state index in [-0.39, 0.29) is 0 Å². The Morgan fingerprint density at radius 2 is 0.857 bits per heavy atom. The Morgan fingerprint density at radius 1 is 0.339 bits per heavy atom. The van der Waals surface area contributed by atoms with E-state index in [4.69, 9.17) is 15.0 Å². The Bertz CT molecular complexity index is 3190. The molecule has 3 aromatic heterocycles. The van der Waals surface area contributed by atoms with Crippen LogP contribution in [-0.2, 0) is 0 Å². The van der Waals surface area contributed by atoms with Crippen molar-refractivity contribution in [1.29, 1.82) is 0 Å². The summed E-state index contributed by atoms with van der Waals surface area (Å²) in [5.41, 5.74) is 10.8. The van der Waals surface area contributed by atoms with Gasteiger partial charge >= 0.3 is 0 Å². The monoisotopic (exact) mass is 732 g/mol. The molecule has 0 saturated heterocycles. The summed E-state index contributed by atoms with van der Waals surface area (Å²) in [6.07, 6.45) is 0. The van der Waals surface area contributed by atoms with Gasteiger partial charge in [-0.05, 0) is 58.7 Å². The molecule has 4 nitrogen and oxygen atoms in total. The third kappa shape index (κ3) is 5.40. The quantitative estimate of drug-likeness (QED) is 0.171. The van der Waals surface area contributed by atoms with E-state index in [1.807, 2.05) is 18.2 Å². The molecule has 0 saturated carbocycles. The third-order valence-electron chi connectivity index (χ3n) is 10.7. The molecule has 8 aromatic carbocycles. The molecule has 3 heterocycles. The van der Waals surface area contributed by atoms with Gasteiger partial charge in [0.15, 0.2) is 17.5 Å². The van der Waals surface area contributed by atoms with E-state index in [0.29, 0.717) is 17.5 Å². The number of hydrogen-bond acceptors (Lipinski definition) is 4. The van der Waals surface area contributed by atoms with Crippen molar-refractivity contribution in [2.24, 2.45) is 0 Å². The van der Waals surface area contributed by atoms with E-state index in [1.54, 1.807) is 11.3 Å². The predicted octanol–water partition coefficient (Wildman–Crippen LogP) is 13.7. The van der Waals surface area contributed by atoms with Crippen molar-refractivity contribution in [3.8, 4) is 62.1 Å². The lowest BCUT2D eigenvalue weighted by Crippen LogP contribution is -2.04. The van der Waals surface area contributed by atoms with Gasteiger partial charge in [-0.2, -0.15) is 0 Å². The molecule has 0 atom stereocenters. The van der Waals surface area contributed by atoms with Gasteiger partial charge in [0.1, 0.15) is 0 Å². The zero-order chi connectivity index (χ0) is 37.0. The standard InChI is InChI=1S/C51H32N4S/c1-4-15-33(16-5-1)36-28-30-42(46(31-36)55-44-25-12-10-21-38(44)39-22-11-13-26-45(39)55)50-52-49(35-19-8-3-9-20-35)53-51(54-50)43-24-14-23-41-40-29-27-37(32-47(40)56-48(41)43)34-17-6-2-7-18-34/h1-32H. The van der Waals surface area contributed by atoms with Crippen LogP contribution in [0.4, 0.5) is 0 Å². The Hall–Kier alpha value is -7.21. The number of benzene rings is 8. The lowest BCUT2D eigenvalue weighted by atomic mass is 10.0. The minimum absolute atomic E-state index is 0.620. The van der Waals surface area contributed by atoms with Crippen LogP contribution in [0.5, 0.6) is 0 Å². The highest BCUT2D eigenvalue weighted by Gasteiger charge is 2.21. The van der Waals surface area contributed by atoms with Gasteiger partial charge in [0.2, 0.25) is 0 Å². The molecule has 0 aliphatic rings. The van der Waals surface area contributed by atoms with E-state index < -0.39 is 0 Å². The van der Waals surface area contributed by atoms with Crippen LogP contribution in [0.1, 0.15) is 0 Å². The first-order valence-electron chi connectivity index (χ1n) is 18.8. The maximum Gasteiger partial charge on any atom is 0.166 e. The molecule has 0 fully saturated rings. The lowest BCUT2D eigenvalue weighted by molar-refractivity contribution is 1.07. The average Bonchev–Trinajstić information content (AvgIpc) is 3.82. The largest absolute Gasteiger partial charge is 0.308 e. The van der Waals surface area contributed by atoms with Crippen molar-refractivity contribution in [1.82, 2.24) is 19.5 Å². The Morgan fingerprint density at radius 3 is 1.52 bits per heavy atom. The number of para-hydroxylation sites is 2. The molecule has 0 unspecified atom stereocenters. The second kappa shape index (κ2) is 13.3. The summed E-state index contributed by atoms with van der Waals surface area (Å²) in [4.78, 5) is 15.9. The Labute approximate surface area is 327 Å². The normalized spacial score (nSPS) is 11.6. The number of aromatic nitrogens is 4. The van der Waals surface area contributed by atoms with Gasteiger partial charge in [-0.25, -0.2) is 15.0 Å². The molecular weight excluding hydrogens is 701 g/mol. The molecule has 262 valence electrons. The molecular formula is C51H32N4S. The molecule has 0 bridgehead atoms. The smallest absolute Gasteiger partial charge is 0.166 e. The second-order valence-corrected chi connectivity index (χ2v) is 15.1.